The number of aliphatic hydroxyl groups is 2. The molecule has 0 fully saturated rings. The predicted molar refractivity (Wildman–Crippen MR) is 326 cm³/mol. The molecule has 0 saturated heterocycles. The van der Waals surface area contributed by atoms with Crippen LogP contribution in [0.3, 0.4) is 0 Å². The van der Waals surface area contributed by atoms with E-state index in [1.54, 1.807) is 136 Å². The van der Waals surface area contributed by atoms with Crippen LogP contribution in [0, 0.1) is 0 Å². The minimum atomic E-state index is -1.41. The van der Waals surface area contributed by atoms with Gasteiger partial charge in [-0.25, -0.2) is 29.5 Å². The number of hydrogen-bond donors (Lipinski definition) is 6. The van der Waals surface area contributed by atoms with Crippen LogP contribution in [0.15, 0.2) is 157 Å². The Morgan fingerprint density at radius 1 is 0.565 bits per heavy atom. The summed E-state index contributed by atoms with van der Waals surface area (Å²) in [5, 5.41) is 43.6. The number of ether oxygens (including phenoxy) is 2. The molecule has 6 heterocycles. The molecule has 6 N–H and O–H groups in total. The van der Waals surface area contributed by atoms with Crippen LogP contribution in [0.5, 0.6) is 11.5 Å². The fraction of sp³-hybridized carbons (Fsp3) is 0.193. The molecule has 440 valence electrons. The SMILES string of the molecule is C.COc1ccc(Cn2c(=O)c3c(nc(CO)n3CC(=O)Nc3cccc(-c4ccc(Cl)cc4)n3)n(C)c2=O)cc1.COc1ccc(Cn2c(=O)c3c(nc(CO)n3CC(=O)Nc3cccc(Br)n3)n(C)c2=O)cc1.OB(O)c1ccc(Cl)cc1. The van der Waals surface area contributed by atoms with Crippen LogP contribution in [0.1, 0.15) is 30.2 Å². The molecule has 28 heteroatoms. The highest BCUT2D eigenvalue weighted by atomic mass is 79.9. The Labute approximate surface area is 502 Å². The molecule has 0 radical (unpaired) electrons. The molecular weight excluding hydrogens is 1210 g/mol. The summed E-state index contributed by atoms with van der Waals surface area (Å²) in [5.41, 5.74) is 1.16. The molecular formula is C57H56BBrCl2N12O12. The number of carbonyl (C=O) groups is 2. The minimum Gasteiger partial charge on any atom is -0.497 e. The Morgan fingerprint density at radius 2 is 0.976 bits per heavy atom. The number of rotatable bonds is 16. The highest BCUT2D eigenvalue weighted by Gasteiger charge is 2.24. The average Bonchev–Trinajstić information content (AvgIpc) is 2.02. The third-order valence-electron chi connectivity index (χ3n) is 12.8. The van der Waals surface area contributed by atoms with Gasteiger partial charge in [0.25, 0.3) is 11.1 Å². The number of nitrogens with one attached hydrogen (secondary N) is 2. The number of amides is 2. The zero-order chi connectivity index (χ0) is 60.4. The molecule has 0 aliphatic heterocycles. The van der Waals surface area contributed by atoms with Gasteiger partial charge in [-0.3, -0.25) is 37.4 Å². The first kappa shape index (κ1) is 63.6. The number of imidazole rings is 2. The van der Waals surface area contributed by atoms with E-state index >= 15 is 0 Å². The fourth-order valence-corrected chi connectivity index (χ4v) is 9.17. The van der Waals surface area contributed by atoms with Gasteiger partial charge in [0.2, 0.25) is 11.8 Å². The van der Waals surface area contributed by atoms with Crippen LogP contribution in [0.25, 0.3) is 33.6 Å². The molecule has 0 unspecified atom stereocenters. The number of anilines is 2. The summed E-state index contributed by atoms with van der Waals surface area (Å²) < 4.78 is 18.1. The van der Waals surface area contributed by atoms with Crippen LogP contribution in [-0.2, 0) is 63.1 Å². The number of nitrogens with zero attached hydrogens (tertiary/aromatic N) is 10. The lowest BCUT2D eigenvalue weighted by atomic mass is 9.81. The minimum absolute atomic E-state index is 0. The molecule has 85 heavy (non-hydrogen) atoms. The van der Waals surface area contributed by atoms with E-state index in [-0.39, 0.29) is 67.6 Å². The summed E-state index contributed by atoms with van der Waals surface area (Å²) in [6, 6.07) is 37.7. The maximum Gasteiger partial charge on any atom is 0.488 e. The molecule has 6 aromatic heterocycles. The Kier molecular flexibility index (Phi) is 21.3. The molecule has 0 saturated carbocycles. The number of carbonyl (C=O) groups excluding carboxylic acids is 2. The number of methoxy groups -OCH3 is 2. The first-order chi connectivity index (χ1) is 40.3. The zero-order valence-electron chi connectivity index (χ0n) is 45.2. The summed E-state index contributed by atoms with van der Waals surface area (Å²) in [4.78, 5) is 96.0. The van der Waals surface area contributed by atoms with E-state index < -0.39 is 54.6 Å². The summed E-state index contributed by atoms with van der Waals surface area (Å²) >= 11 is 14.8. The Bertz CT molecular complexity index is 4270. The summed E-state index contributed by atoms with van der Waals surface area (Å²) in [6.07, 6.45) is 0. The van der Waals surface area contributed by atoms with E-state index in [0.29, 0.717) is 60.1 Å². The molecule has 0 spiro atoms. The monoisotopic (exact) mass is 1260 g/mol. The number of hydrogen-bond acceptors (Lipinski definition) is 16. The smallest absolute Gasteiger partial charge is 0.488 e. The number of halogens is 3. The molecule has 24 nitrogen and oxygen atoms in total. The van der Waals surface area contributed by atoms with Crippen LogP contribution < -0.4 is 48.1 Å². The molecule has 0 aliphatic rings. The van der Waals surface area contributed by atoms with E-state index in [9.17, 15) is 39.0 Å². The van der Waals surface area contributed by atoms with Crippen LogP contribution in [0.2, 0.25) is 10.0 Å². The van der Waals surface area contributed by atoms with E-state index in [2.05, 4.69) is 46.5 Å². The molecule has 0 aliphatic carbocycles. The van der Waals surface area contributed by atoms with E-state index in [4.69, 9.17) is 42.7 Å². The van der Waals surface area contributed by atoms with Crippen molar-refractivity contribution >= 4 is 97.5 Å². The number of aromatic nitrogens is 10. The quantitative estimate of drug-likeness (QED) is 0.0564. The summed E-state index contributed by atoms with van der Waals surface area (Å²) in [6.45, 7) is -1.70. The number of aliphatic hydroxyl groups excluding tert-OH is 2. The van der Waals surface area contributed by atoms with Gasteiger partial charge in [0.05, 0.1) is 33.0 Å². The summed E-state index contributed by atoms with van der Waals surface area (Å²) in [7, 11) is 4.66. The maximum atomic E-state index is 13.6. The van der Waals surface area contributed by atoms with Gasteiger partial charge < -0.3 is 49.5 Å². The second kappa shape index (κ2) is 28.5. The lowest BCUT2D eigenvalue weighted by molar-refractivity contribution is -0.117. The van der Waals surface area contributed by atoms with Crippen molar-refractivity contribution in [1.29, 1.82) is 0 Å². The van der Waals surface area contributed by atoms with Crippen molar-refractivity contribution < 1.29 is 39.3 Å². The van der Waals surface area contributed by atoms with Crippen LogP contribution in [0.4, 0.5) is 11.6 Å². The standard InChI is InChI=1S/C28H25ClN6O5.C22H21BrN6O5.C6H6BClO2.CH4/c1-33-26-25(27(38)35(28(33)39)14-17-6-12-20(40-2)13-7-17)34(23(16-36)32-26)15-24(37)31-22-5-3-4-21(30-22)18-8-10-19(29)11-9-18;1-27-20-19(21(32)29(22(27)33)10-13-6-8-14(34-2)9-7-13)28(17(12-30)26-20)11-18(31)25-16-5-3-4-15(23)24-16;8-6-3-1-5(2-4-6)7(9)10;/h3-13,36H,14-16H2,1-2H3,(H,30,31,37);3-9,30H,10-12H2,1-2H3,(H,24,25,31);1-4,9-10H;1H4. The van der Waals surface area contributed by atoms with E-state index in [0.717, 1.165) is 14.7 Å². The van der Waals surface area contributed by atoms with Gasteiger partial charge in [0.15, 0.2) is 22.3 Å². The Morgan fingerprint density at radius 3 is 1.38 bits per heavy atom. The summed E-state index contributed by atoms with van der Waals surface area (Å²) in [5.74, 6) is 1.10. The van der Waals surface area contributed by atoms with Crippen molar-refractivity contribution in [1.82, 2.24) is 47.3 Å². The second-order valence-corrected chi connectivity index (χ2v) is 20.0. The molecule has 4 aromatic carbocycles. The van der Waals surface area contributed by atoms with Crippen LogP contribution >= 0.6 is 39.1 Å². The Hall–Kier alpha value is -9.02. The Balaban J connectivity index is 0.000000209. The second-order valence-electron chi connectivity index (χ2n) is 18.3. The van der Waals surface area contributed by atoms with E-state index in [1.165, 1.54) is 32.4 Å². The van der Waals surface area contributed by atoms with Crippen molar-refractivity contribution in [3.8, 4) is 22.8 Å². The van der Waals surface area contributed by atoms with Crippen LogP contribution in [-0.4, -0.2) is 101 Å². The van der Waals surface area contributed by atoms with Crippen molar-refractivity contribution in [2.45, 2.75) is 46.8 Å². The average molecular weight is 1260 g/mol. The lowest BCUT2D eigenvalue weighted by Crippen LogP contribution is -2.40. The number of benzene rings is 4. The van der Waals surface area contributed by atoms with Gasteiger partial charge in [0, 0.05) is 29.7 Å². The largest absolute Gasteiger partial charge is 0.497 e. The third kappa shape index (κ3) is 15.0. The van der Waals surface area contributed by atoms with Gasteiger partial charge in [-0.05, 0) is 105 Å². The van der Waals surface area contributed by atoms with Crippen molar-refractivity contribution in [2.24, 2.45) is 14.1 Å². The highest BCUT2D eigenvalue weighted by molar-refractivity contribution is 9.10. The van der Waals surface area contributed by atoms with Gasteiger partial charge in [0.1, 0.15) is 65.7 Å². The third-order valence-corrected chi connectivity index (χ3v) is 13.8. The highest BCUT2D eigenvalue weighted by Crippen LogP contribution is 2.22. The maximum absolute atomic E-state index is 13.6. The number of fused-ring (bicyclic) bond motifs is 2. The normalized spacial score (nSPS) is 10.8. The first-order valence-electron chi connectivity index (χ1n) is 25.2. The van der Waals surface area contributed by atoms with E-state index in [1.807, 2.05) is 12.1 Å². The van der Waals surface area contributed by atoms with Crippen molar-refractivity contribution in [3.05, 3.63) is 213 Å². The van der Waals surface area contributed by atoms with Gasteiger partial charge in [-0.15, -0.1) is 0 Å². The number of aryl methyl sites for hydroxylation is 2. The van der Waals surface area contributed by atoms with Crippen molar-refractivity contribution in [2.75, 3.05) is 24.9 Å². The topological polar surface area (TPSA) is 307 Å². The van der Waals surface area contributed by atoms with Gasteiger partial charge in [-0.2, -0.15) is 0 Å². The first-order valence-corrected chi connectivity index (χ1v) is 26.8. The fourth-order valence-electron chi connectivity index (χ4n) is 8.57. The molecule has 0 atom stereocenters. The lowest BCUT2D eigenvalue weighted by Gasteiger charge is -2.12. The van der Waals surface area contributed by atoms with Gasteiger partial charge in [-0.1, -0.05) is 91.3 Å². The number of pyridine rings is 2. The molecule has 2 amide bonds. The molecule has 0 bridgehead atoms. The van der Waals surface area contributed by atoms with Crippen molar-refractivity contribution in [3.63, 3.8) is 0 Å². The molecule has 10 rings (SSSR count). The molecule has 10 aromatic rings. The van der Waals surface area contributed by atoms with Gasteiger partial charge >= 0.3 is 18.5 Å². The predicted octanol–water partition coefficient (Wildman–Crippen LogP) is 4.70. The zero-order valence-corrected chi connectivity index (χ0v) is 48.3.